The number of phenols is 1. The Kier molecular flexibility index (Phi) is 5.30. The van der Waals surface area contributed by atoms with Crippen molar-refractivity contribution in [3.8, 4) is 5.75 Å². The van der Waals surface area contributed by atoms with Crippen molar-refractivity contribution in [1.29, 1.82) is 0 Å². The van der Waals surface area contributed by atoms with E-state index in [9.17, 15) is 17.9 Å². The number of phenolic OH excluding ortho intramolecular Hbond substituents is 1. The van der Waals surface area contributed by atoms with Crippen LogP contribution in [-0.4, -0.2) is 38.8 Å². The number of nitrogens with zero attached hydrogens (tertiary/aromatic N) is 1. The van der Waals surface area contributed by atoms with E-state index in [1.54, 1.807) is 19.1 Å². The summed E-state index contributed by atoms with van der Waals surface area (Å²) in [4.78, 5) is 1.64. The summed E-state index contributed by atoms with van der Waals surface area (Å²) in [6.07, 6.45) is -0.0359. The van der Waals surface area contributed by atoms with E-state index in [2.05, 4.69) is 4.72 Å². The Balaban J connectivity index is 1.84. The highest BCUT2D eigenvalue weighted by Gasteiger charge is 2.25. The summed E-state index contributed by atoms with van der Waals surface area (Å²) in [6, 6.07) is 8.48. The van der Waals surface area contributed by atoms with Crippen LogP contribution in [-0.2, 0) is 14.8 Å². The maximum absolute atomic E-state index is 14.6. The van der Waals surface area contributed by atoms with Crippen molar-refractivity contribution in [3.05, 3.63) is 47.8 Å². The van der Waals surface area contributed by atoms with Crippen LogP contribution in [0.2, 0.25) is 0 Å². The van der Waals surface area contributed by atoms with Crippen LogP contribution in [0.4, 0.5) is 15.8 Å². The molecular formula is C19H23FN2O4S. The van der Waals surface area contributed by atoms with E-state index in [0.29, 0.717) is 24.3 Å². The molecule has 0 aromatic heterocycles. The molecule has 2 aromatic carbocycles. The van der Waals surface area contributed by atoms with Gasteiger partial charge in [0.2, 0.25) is 0 Å². The lowest BCUT2D eigenvalue weighted by atomic mass is 10.2. The summed E-state index contributed by atoms with van der Waals surface area (Å²) >= 11 is 0. The van der Waals surface area contributed by atoms with Gasteiger partial charge >= 0.3 is 0 Å². The van der Waals surface area contributed by atoms with E-state index >= 15 is 0 Å². The summed E-state index contributed by atoms with van der Waals surface area (Å²) in [5, 5.41) is 9.86. The van der Waals surface area contributed by atoms with Gasteiger partial charge in [-0.3, -0.25) is 4.72 Å². The van der Waals surface area contributed by atoms with Crippen LogP contribution in [0.25, 0.3) is 0 Å². The van der Waals surface area contributed by atoms with E-state index in [1.807, 2.05) is 18.7 Å². The average molecular weight is 394 g/mol. The minimum Gasteiger partial charge on any atom is -0.507 e. The lowest BCUT2D eigenvalue weighted by Crippen LogP contribution is -2.45. The van der Waals surface area contributed by atoms with Crippen LogP contribution in [0.5, 0.6) is 5.75 Å². The van der Waals surface area contributed by atoms with Gasteiger partial charge in [0, 0.05) is 19.2 Å². The normalized spacial score (nSPS) is 20.5. The van der Waals surface area contributed by atoms with Crippen LogP contribution in [0, 0.1) is 12.7 Å². The molecule has 2 atom stereocenters. The molecule has 1 saturated heterocycles. The van der Waals surface area contributed by atoms with E-state index in [-0.39, 0.29) is 28.5 Å². The predicted octanol–water partition coefficient (Wildman–Crippen LogP) is 3.25. The zero-order valence-electron chi connectivity index (χ0n) is 15.4. The maximum atomic E-state index is 14.6. The van der Waals surface area contributed by atoms with Crippen molar-refractivity contribution in [2.75, 3.05) is 22.7 Å². The number of anilines is 2. The molecule has 0 bridgehead atoms. The van der Waals surface area contributed by atoms with Gasteiger partial charge in [-0.05, 0) is 50.6 Å². The fourth-order valence-corrected chi connectivity index (χ4v) is 4.48. The molecule has 0 spiro atoms. The van der Waals surface area contributed by atoms with E-state index in [1.165, 1.54) is 18.2 Å². The number of aromatic hydroxyl groups is 1. The number of ether oxygens (including phenoxy) is 1. The van der Waals surface area contributed by atoms with E-state index in [4.69, 9.17) is 4.74 Å². The molecule has 1 aliphatic heterocycles. The molecular weight excluding hydrogens is 371 g/mol. The summed E-state index contributed by atoms with van der Waals surface area (Å²) < 4.78 is 47.7. The molecule has 0 aliphatic carbocycles. The third kappa shape index (κ3) is 4.33. The first-order valence-corrected chi connectivity index (χ1v) is 10.2. The first kappa shape index (κ1) is 19.4. The molecule has 6 nitrogen and oxygen atoms in total. The number of halogens is 1. The summed E-state index contributed by atoms with van der Waals surface area (Å²) in [6.45, 7) is 6.69. The minimum absolute atomic E-state index is 0.0179. The standard InChI is InChI=1S/C19H23FN2O4S/c1-12-4-7-18(23)19(8-12)27(24,25)21-15-5-6-17(16(20)9-15)22-10-13(2)26-14(3)11-22/h4-9,13-14,21,23H,10-11H2,1-3H3. The monoisotopic (exact) mass is 394 g/mol. The molecule has 0 radical (unpaired) electrons. The number of hydrogen-bond acceptors (Lipinski definition) is 5. The molecule has 1 aliphatic rings. The molecule has 2 unspecified atom stereocenters. The maximum Gasteiger partial charge on any atom is 0.265 e. The molecule has 1 fully saturated rings. The van der Waals surface area contributed by atoms with Gasteiger partial charge in [0.15, 0.2) is 0 Å². The highest BCUT2D eigenvalue weighted by atomic mass is 32.2. The average Bonchev–Trinajstić information content (AvgIpc) is 2.55. The van der Waals surface area contributed by atoms with E-state index in [0.717, 1.165) is 6.07 Å². The van der Waals surface area contributed by atoms with Crippen molar-refractivity contribution < 1.29 is 22.7 Å². The molecule has 1 heterocycles. The largest absolute Gasteiger partial charge is 0.507 e. The van der Waals surface area contributed by atoms with Crippen LogP contribution < -0.4 is 9.62 Å². The van der Waals surface area contributed by atoms with Crippen molar-refractivity contribution in [2.24, 2.45) is 0 Å². The van der Waals surface area contributed by atoms with Gasteiger partial charge in [-0.1, -0.05) is 6.07 Å². The molecule has 2 aromatic rings. The lowest BCUT2D eigenvalue weighted by Gasteiger charge is -2.37. The number of nitrogens with one attached hydrogen (secondary N) is 1. The Labute approximate surface area is 158 Å². The SMILES string of the molecule is Cc1ccc(O)c(S(=O)(=O)Nc2ccc(N3CC(C)OC(C)C3)c(F)c2)c1. The Bertz CT molecular complexity index is 939. The highest BCUT2D eigenvalue weighted by molar-refractivity contribution is 7.92. The van der Waals surface area contributed by atoms with Gasteiger partial charge in [0.1, 0.15) is 16.5 Å². The van der Waals surface area contributed by atoms with Gasteiger partial charge in [0.25, 0.3) is 10.0 Å². The molecule has 8 heteroatoms. The number of morpholine rings is 1. The first-order valence-electron chi connectivity index (χ1n) is 8.68. The third-order valence-corrected chi connectivity index (χ3v) is 5.78. The van der Waals surface area contributed by atoms with Crippen molar-refractivity contribution in [1.82, 2.24) is 0 Å². The molecule has 0 saturated carbocycles. The zero-order valence-corrected chi connectivity index (χ0v) is 16.3. The number of hydrogen-bond donors (Lipinski definition) is 2. The second-order valence-corrected chi connectivity index (χ2v) is 8.56. The topological polar surface area (TPSA) is 78.9 Å². The Morgan fingerprint density at radius 3 is 2.44 bits per heavy atom. The second kappa shape index (κ2) is 7.36. The third-order valence-electron chi connectivity index (χ3n) is 4.37. The van der Waals surface area contributed by atoms with Gasteiger partial charge in [-0.25, -0.2) is 12.8 Å². The summed E-state index contributed by atoms with van der Waals surface area (Å²) in [7, 11) is -4.04. The molecule has 0 amide bonds. The Morgan fingerprint density at radius 1 is 1.15 bits per heavy atom. The zero-order chi connectivity index (χ0) is 19.8. The number of rotatable bonds is 4. The molecule has 2 N–H and O–H groups in total. The minimum atomic E-state index is -4.04. The van der Waals surface area contributed by atoms with Crippen LogP contribution in [0.3, 0.4) is 0 Å². The molecule has 3 rings (SSSR count). The van der Waals surface area contributed by atoms with Crippen LogP contribution >= 0.6 is 0 Å². The van der Waals surface area contributed by atoms with Crippen molar-refractivity contribution in [2.45, 2.75) is 37.9 Å². The summed E-state index contributed by atoms with van der Waals surface area (Å²) in [5.41, 5.74) is 1.18. The quantitative estimate of drug-likeness (QED) is 0.832. The summed E-state index contributed by atoms with van der Waals surface area (Å²) in [5.74, 6) is -0.883. The van der Waals surface area contributed by atoms with Crippen molar-refractivity contribution in [3.63, 3.8) is 0 Å². The Morgan fingerprint density at radius 2 is 1.81 bits per heavy atom. The number of sulfonamides is 1. The van der Waals surface area contributed by atoms with Crippen LogP contribution in [0.15, 0.2) is 41.3 Å². The first-order chi connectivity index (χ1) is 12.7. The number of aryl methyl sites for hydroxylation is 1. The predicted molar refractivity (Wildman–Crippen MR) is 102 cm³/mol. The van der Waals surface area contributed by atoms with Crippen molar-refractivity contribution >= 4 is 21.4 Å². The molecule has 27 heavy (non-hydrogen) atoms. The lowest BCUT2D eigenvalue weighted by molar-refractivity contribution is -0.00539. The van der Waals surface area contributed by atoms with E-state index < -0.39 is 15.8 Å². The van der Waals surface area contributed by atoms with Gasteiger partial charge in [-0.2, -0.15) is 0 Å². The van der Waals surface area contributed by atoms with Crippen LogP contribution in [0.1, 0.15) is 19.4 Å². The van der Waals surface area contributed by atoms with Gasteiger partial charge in [0.05, 0.1) is 23.6 Å². The highest BCUT2D eigenvalue weighted by Crippen LogP contribution is 2.29. The fourth-order valence-electron chi connectivity index (χ4n) is 3.25. The van der Waals surface area contributed by atoms with Gasteiger partial charge in [-0.15, -0.1) is 0 Å². The second-order valence-electron chi connectivity index (χ2n) is 6.91. The Hall–Kier alpha value is -2.32. The smallest absolute Gasteiger partial charge is 0.265 e. The fraction of sp³-hybridized carbons (Fsp3) is 0.368. The number of benzene rings is 2. The molecule has 146 valence electrons. The van der Waals surface area contributed by atoms with Gasteiger partial charge < -0.3 is 14.7 Å².